The molecule has 1 saturated heterocycles. The standard InChI is InChI=1S/C29H38N4O3/c1-4-19-8-9-24(36-17-20-6-7-20)23(16-19)27-22-10-13-30-28(22)26(18(3)31-27)29(35)32-21-11-14-33(15-12-21)25(34)5-2/h8-10,13,16,20-21,27,30-31H,4-7,11-12,14-15,17H2,1-3H3,(H,32,35). The van der Waals surface area contributed by atoms with Crippen molar-refractivity contribution in [3.8, 4) is 5.75 Å². The van der Waals surface area contributed by atoms with E-state index in [0.29, 0.717) is 31.0 Å². The summed E-state index contributed by atoms with van der Waals surface area (Å²) >= 11 is 0. The number of carbonyl (C=O) groups excluding carboxylic acids is 2. The highest BCUT2D eigenvalue weighted by Crippen LogP contribution is 2.40. The van der Waals surface area contributed by atoms with Crippen LogP contribution in [0.1, 0.15) is 81.3 Å². The zero-order valence-electron chi connectivity index (χ0n) is 21.7. The highest BCUT2D eigenvalue weighted by atomic mass is 16.5. The predicted molar refractivity (Wildman–Crippen MR) is 140 cm³/mol. The molecular formula is C29H38N4O3. The molecule has 2 amide bonds. The van der Waals surface area contributed by atoms with Crippen LogP contribution in [0.15, 0.2) is 36.2 Å². The van der Waals surface area contributed by atoms with E-state index in [-0.39, 0.29) is 23.9 Å². The lowest BCUT2D eigenvalue weighted by Crippen LogP contribution is -2.47. The van der Waals surface area contributed by atoms with Crippen molar-refractivity contribution < 1.29 is 14.3 Å². The minimum Gasteiger partial charge on any atom is -0.493 e. The van der Waals surface area contributed by atoms with Crippen LogP contribution >= 0.6 is 0 Å². The fourth-order valence-corrected chi connectivity index (χ4v) is 5.34. The van der Waals surface area contributed by atoms with Gasteiger partial charge in [0, 0.05) is 48.6 Å². The first-order valence-electron chi connectivity index (χ1n) is 13.5. The van der Waals surface area contributed by atoms with Gasteiger partial charge in [-0.05, 0) is 68.7 Å². The molecule has 0 bridgehead atoms. The van der Waals surface area contributed by atoms with Gasteiger partial charge in [0.25, 0.3) is 5.91 Å². The van der Waals surface area contributed by atoms with Crippen LogP contribution in [0, 0.1) is 5.92 Å². The van der Waals surface area contributed by atoms with E-state index in [1.54, 1.807) is 0 Å². The van der Waals surface area contributed by atoms with E-state index < -0.39 is 0 Å². The fraction of sp³-hybridized carbons (Fsp3) is 0.517. The van der Waals surface area contributed by atoms with Crippen LogP contribution in [0.25, 0.3) is 5.57 Å². The summed E-state index contributed by atoms with van der Waals surface area (Å²) in [6.07, 6.45) is 7.45. The van der Waals surface area contributed by atoms with Gasteiger partial charge in [0.05, 0.1) is 23.9 Å². The molecule has 7 nitrogen and oxygen atoms in total. The number of hydrogen-bond acceptors (Lipinski definition) is 4. The van der Waals surface area contributed by atoms with Crippen molar-refractivity contribution in [3.05, 3.63) is 58.5 Å². The number of amides is 2. The van der Waals surface area contributed by atoms with Crippen LogP contribution < -0.4 is 15.4 Å². The number of aryl methyl sites for hydroxylation is 1. The zero-order valence-corrected chi connectivity index (χ0v) is 21.7. The highest BCUT2D eigenvalue weighted by Gasteiger charge is 2.33. The Balaban J connectivity index is 1.36. The van der Waals surface area contributed by atoms with Gasteiger partial charge in [-0.2, -0.15) is 0 Å². The molecule has 0 spiro atoms. The van der Waals surface area contributed by atoms with Gasteiger partial charge in [0.15, 0.2) is 0 Å². The van der Waals surface area contributed by atoms with Gasteiger partial charge < -0.3 is 25.3 Å². The second-order valence-corrected chi connectivity index (χ2v) is 10.3. The van der Waals surface area contributed by atoms with Crippen LogP contribution in [0.4, 0.5) is 0 Å². The average Bonchev–Trinajstić information content (AvgIpc) is 3.61. The number of ether oxygens (including phenoxy) is 1. The molecular weight excluding hydrogens is 452 g/mol. The van der Waals surface area contributed by atoms with Gasteiger partial charge in [-0.15, -0.1) is 0 Å². The number of nitrogens with one attached hydrogen (secondary N) is 3. The van der Waals surface area contributed by atoms with Crippen LogP contribution in [-0.2, 0) is 16.0 Å². The number of carbonyl (C=O) groups is 2. The Kier molecular flexibility index (Phi) is 7.08. The van der Waals surface area contributed by atoms with E-state index in [0.717, 1.165) is 54.1 Å². The Labute approximate surface area is 213 Å². The first-order valence-corrected chi connectivity index (χ1v) is 13.5. The van der Waals surface area contributed by atoms with Crippen molar-refractivity contribution in [2.75, 3.05) is 19.7 Å². The summed E-state index contributed by atoms with van der Waals surface area (Å²) in [5.41, 5.74) is 5.80. The Morgan fingerprint density at radius 3 is 2.56 bits per heavy atom. The quantitative estimate of drug-likeness (QED) is 0.515. The fourth-order valence-electron chi connectivity index (χ4n) is 5.34. The van der Waals surface area contributed by atoms with Crippen molar-refractivity contribution in [3.63, 3.8) is 0 Å². The molecule has 2 fully saturated rings. The van der Waals surface area contributed by atoms with Crippen LogP contribution in [0.5, 0.6) is 5.75 Å². The number of H-pyrrole nitrogens is 1. The number of hydrogen-bond donors (Lipinski definition) is 3. The van der Waals surface area contributed by atoms with Crippen molar-refractivity contribution in [1.82, 2.24) is 20.5 Å². The summed E-state index contributed by atoms with van der Waals surface area (Å²) < 4.78 is 6.28. The van der Waals surface area contributed by atoms with E-state index >= 15 is 0 Å². The van der Waals surface area contributed by atoms with Gasteiger partial charge in [0.2, 0.25) is 5.91 Å². The lowest BCUT2D eigenvalue weighted by atomic mass is 9.89. The first kappa shape index (κ1) is 24.5. The third-order valence-electron chi connectivity index (χ3n) is 7.75. The number of aromatic amines is 1. The second-order valence-electron chi connectivity index (χ2n) is 10.3. The number of likely N-dealkylation sites (tertiary alicyclic amines) is 1. The van der Waals surface area contributed by atoms with Crippen molar-refractivity contribution in [1.29, 1.82) is 0 Å². The smallest absolute Gasteiger partial charge is 0.255 e. The van der Waals surface area contributed by atoms with Crippen LogP contribution in [-0.4, -0.2) is 47.4 Å². The van der Waals surface area contributed by atoms with Crippen LogP contribution in [0.3, 0.4) is 0 Å². The van der Waals surface area contributed by atoms with Crippen molar-refractivity contribution in [2.24, 2.45) is 5.92 Å². The lowest BCUT2D eigenvalue weighted by molar-refractivity contribution is -0.132. The molecule has 192 valence electrons. The maximum absolute atomic E-state index is 13.5. The number of benzene rings is 1. The molecule has 0 radical (unpaired) electrons. The number of rotatable bonds is 8. The Morgan fingerprint density at radius 2 is 1.86 bits per heavy atom. The van der Waals surface area contributed by atoms with Gasteiger partial charge in [-0.25, -0.2) is 0 Å². The second kappa shape index (κ2) is 10.4. The van der Waals surface area contributed by atoms with Crippen molar-refractivity contribution >= 4 is 17.4 Å². The Morgan fingerprint density at radius 1 is 1.08 bits per heavy atom. The van der Waals surface area contributed by atoms with Crippen LogP contribution in [0.2, 0.25) is 0 Å². The third kappa shape index (κ3) is 5.01. The molecule has 1 unspecified atom stereocenters. The van der Waals surface area contributed by atoms with E-state index in [2.05, 4.69) is 46.8 Å². The minimum atomic E-state index is -0.0909. The zero-order chi connectivity index (χ0) is 25.2. The molecule has 2 aliphatic heterocycles. The Bertz CT molecular complexity index is 1160. The summed E-state index contributed by atoms with van der Waals surface area (Å²) in [4.78, 5) is 30.7. The number of piperidine rings is 1. The largest absolute Gasteiger partial charge is 0.493 e. The SMILES string of the molecule is CCC(=O)N1CCC(NC(=O)C2=C(C)NC(c3cc(CC)ccc3OCC3CC3)c3cc[nH]c32)CC1. The molecule has 3 N–H and O–H groups in total. The van der Waals surface area contributed by atoms with Crippen molar-refractivity contribution in [2.45, 2.75) is 71.4 Å². The van der Waals surface area contributed by atoms with Gasteiger partial charge >= 0.3 is 0 Å². The van der Waals surface area contributed by atoms with E-state index in [9.17, 15) is 9.59 Å². The number of fused-ring (bicyclic) bond motifs is 1. The molecule has 1 aromatic carbocycles. The summed E-state index contributed by atoms with van der Waals surface area (Å²) in [6, 6.07) is 8.52. The number of nitrogens with zero attached hydrogens (tertiary/aromatic N) is 1. The highest BCUT2D eigenvalue weighted by molar-refractivity contribution is 6.20. The summed E-state index contributed by atoms with van der Waals surface area (Å²) in [7, 11) is 0. The maximum Gasteiger partial charge on any atom is 0.255 e. The molecule has 3 heterocycles. The predicted octanol–water partition coefficient (Wildman–Crippen LogP) is 4.31. The normalized spacial score (nSPS) is 20.1. The van der Waals surface area contributed by atoms with E-state index in [1.165, 1.54) is 18.4 Å². The molecule has 2 aromatic rings. The Hall–Kier alpha value is -3.22. The number of aromatic nitrogens is 1. The summed E-state index contributed by atoms with van der Waals surface area (Å²) in [5.74, 6) is 1.70. The molecule has 1 aliphatic carbocycles. The van der Waals surface area contributed by atoms with Gasteiger partial charge in [-0.1, -0.05) is 19.9 Å². The molecule has 5 rings (SSSR count). The van der Waals surface area contributed by atoms with E-state index in [1.807, 2.05) is 24.9 Å². The third-order valence-corrected chi connectivity index (χ3v) is 7.75. The van der Waals surface area contributed by atoms with Gasteiger partial charge in [0.1, 0.15) is 5.75 Å². The minimum absolute atomic E-state index is 0.0681. The average molecular weight is 491 g/mol. The molecule has 3 aliphatic rings. The van der Waals surface area contributed by atoms with Gasteiger partial charge in [-0.3, -0.25) is 9.59 Å². The molecule has 36 heavy (non-hydrogen) atoms. The molecule has 1 aromatic heterocycles. The summed E-state index contributed by atoms with van der Waals surface area (Å²) in [6.45, 7) is 8.18. The molecule has 1 atom stereocenters. The molecule has 7 heteroatoms. The number of allylic oxidation sites excluding steroid dienone is 1. The monoisotopic (exact) mass is 490 g/mol. The topological polar surface area (TPSA) is 86.5 Å². The lowest BCUT2D eigenvalue weighted by Gasteiger charge is -2.33. The van der Waals surface area contributed by atoms with E-state index in [4.69, 9.17) is 4.74 Å². The maximum atomic E-state index is 13.5. The summed E-state index contributed by atoms with van der Waals surface area (Å²) in [5, 5.41) is 6.87. The molecule has 1 saturated carbocycles. The first-order chi connectivity index (χ1) is 17.5.